The van der Waals surface area contributed by atoms with Crippen molar-refractivity contribution < 1.29 is 19.5 Å². The minimum Gasteiger partial charge on any atom is -0.508 e. The third-order valence-electron chi connectivity index (χ3n) is 6.17. The van der Waals surface area contributed by atoms with Crippen LogP contribution >= 0.6 is 0 Å². The Hall–Kier alpha value is -4.90. The number of phenols is 1. The zero-order chi connectivity index (χ0) is 29.5. The van der Waals surface area contributed by atoms with Crippen molar-refractivity contribution in [1.29, 1.82) is 0 Å². The lowest BCUT2D eigenvalue weighted by atomic mass is 9.90. The predicted molar refractivity (Wildman–Crippen MR) is 158 cm³/mol. The van der Waals surface area contributed by atoms with Gasteiger partial charge in [-0.2, -0.15) is 0 Å². The smallest absolute Gasteiger partial charge is 0.321 e. The summed E-state index contributed by atoms with van der Waals surface area (Å²) in [5.41, 5.74) is 13.5. The van der Waals surface area contributed by atoms with Gasteiger partial charge < -0.3 is 32.5 Å². The van der Waals surface area contributed by atoms with Gasteiger partial charge in [-0.15, -0.1) is 0 Å². The molecule has 216 valence electrons. The Morgan fingerprint density at radius 1 is 0.829 bits per heavy atom. The molecule has 3 aromatic rings. The number of nitrogens with zero attached hydrogens (tertiary/aromatic N) is 1. The highest BCUT2D eigenvalue weighted by atomic mass is 16.3. The number of nitrogens with one attached hydrogen (secondary N) is 4. The standard InChI is InChI=1S/C30H37N7O4/c31-17-19-34-30(41)37-29(32)33-18-7-12-25(27(39)35-20-21-13-15-24(38)16-14-21)36-28(40)26(22-8-3-1-4-9-22)23-10-5-2-6-11-23/h1-6,8-11,13-16,25-26,38H,7,12,17-20,31H2,(H,35,39)(H,36,40)(H4,32,33,34,37,41)/t25-/m1/s1. The van der Waals surface area contributed by atoms with Gasteiger partial charge in [0.25, 0.3) is 0 Å². The van der Waals surface area contributed by atoms with Crippen molar-refractivity contribution in [2.24, 2.45) is 16.5 Å². The van der Waals surface area contributed by atoms with Crippen LogP contribution in [0.4, 0.5) is 4.79 Å². The van der Waals surface area contributed by atoms with E-state index in [1.54, 1.807) is 12.1 Å². The van der Waals surface area contributed by atoms with Gasteiger partial charge in [0, 0.05) is 26.2 Å². The molecule has 0 heterocycles. The summed E-state index contributed by atoms with van der Waals surface area (Å²) in [7, 11) is 0. The number of carbonyl (C=O) groups is 3. The van der Waals surface area contributed by atoms with Crippen LogP contribution in [0, 0.1) is 0 Å². The van der Waals surface area contributed by atoms with Crippen LogP contribution < -0.4 is 32.7 Å². The number of amides is 4. The third-order valence-corrected chi connectivity index (χ3v) is 6.17. The van der Waals surface area contributed by atoms with Crippen LogP contribution in [-0.2, 0) is 16.1 Å². The highest BCUT2D eigenvalue weighted by Gasteiger charge is 2.27. The molecule has 3 rings (SSSR count). The molecule has 0 saturated carbocycles. The average Bonchev–Trinajstić information content (AvgIpc) is 2.98. The van der Waals surface area contributed by atoms with Crippen molar-refractivity contribution in [2.45, 2.75) is 31.3 Å². The highest BCUT2D eigenvalue weighted by Crippen LogP contribution is 2.25. The lowest BCUT2D eigenvalue weighted by Gasteiger charge is -2.23. The van der Waals surface area contributed by atoms with Gasteiger partial charge in [0.15, 0.2) is 5.96 Å². The molecule has 3 aromatic carbocycles. The molecule has 0 spiro atoms. The van der Waals surface area contributed by atoms with Crippen molar-refractivity contribution >= 4 is 23.8 Å². The second kappa shape index (κ2) is 16.3. The lowest BCUT2D eigenvalue weighted by molar-refractivity contribution is -0.129. The van der Waals surface area contributed by atoms with Crippen LogP contribution in [0.3, 0.4) is 0 Å². The first-order valence-electron chi connectivity index (χ1n) is 13.4. The second-order valence-electron chi connectivity index (χ2n) is 9.28. The van der Waals surface area contributed by atoms with Gasteiger partial charge in [-0.1, -0.05) is 72.8 Å². The number of hydrogen-bond acceptors (Lipinski definition) is 6. The van der Waals surface area contributed by atoms with Crippen molar-refractivity contribution in [2.75, 3.05) is 19.6 Å². The van der Waals surface area contributed by atoms with E-state index < -0.39 is 18.0 Å². The molecule has 0 aliphatic rings. The molecule has 0 radical (unpaired) electrons. The number of aromatic hydroxyl groups is 1. The minimum absolute atomic E-state index is 0.0647. The van der Waals surface area contributed by atoms with E-state index in [1.807, 2.05) is 60.7 Å². The summed E-state index contributed by atoms with van der Waals surface area (Å²) in [5, 5.41) is 20.3. The first-order chi connectivity index (χ1) is 19.9. The molecule has 0 bridgehead atoms. The largest absolute Gasteiger partial charge is 0.508 e. The van der Waals surface area contributed by atoms with Crippen molar-refractivity contribution in [1.82, 2.24) is 21.3 Å². The number of phenolic OH excluding ortho intramolecular Hbond substituents is 1. The van der Waals surface area contributed by atoms with Crippen molar-refractivity contribution in [3.8, 4) is 5.75 Å². The predicted octanol–water partition coefficient (Wildman–Crippen LogP) is 1.68. The first kappa shape index (κ1) is 30.6. The van der Waals surface area contributed by atoms with E-state index in [9.17, 15) is 19.5 Å². The number of carbonyl (C=O) groups excluding carboxylic acids is 3. The quantitative estimate of drug-likeness (QED) is 0.0949. The third kappa shape index (κ3) is 10.3. The molecule has 0 aromatic heterocycles. The van der Waals surface area contributed by atoms with Crippen LogP contribution in [0.5, 0.6) is 5.75 Å². The molecule has 4 amide bonds. The molecule has 9 N–H and O–H groups in total. The second-order valence-corrected chi connectivity index (χ2v) is 9.28. The number of benzene rings is 3. The van der Waals surface area contributed by atoms with Crippen molar-refractivity contribution in [3.63, 3.8) is 0 Å². The normalized spacial score (nSPS) is 11.9. The number of hydrogen-bond donors (Lipinski definition) is 7. The number of guanidine groups is 1. The summed E-state index contributed by atoms with van der Waals surface area (Å²) < 4.78 is 0. The Labute approximate surface area is 239 Å². The van der Waals surface area contributed by atoms with E-state index >= 15 is 0 Å². The summed E-state index contributed by atoms with van der Waals surface area (Å²) in [5.74, 6) is -1.22. The fourth-order valence-corrected chi connectivity index (χ4v) is 4.12. The number of rotatable bonds is 13. The molecule has 0 fully saturated rings. The van der Waals surface area contributed by atoms with E-state index in [0.717, 1.165) is 16.7 Å². The van der Waals surface area contributed by atoms with Crippen LogP contribution in [0.1, 0.15) is 35.4 Å². The number of urea groups is 1. The molecule has 0 aliphatic carbocycles. The SMILES string of the molecule is NCCNC(=O)NC(N)=NCCC[C@@H](NC(=O)C(c1ccccc1)c1ccccc1)C(=O)NCc1ccc(O)cc1. The molecule has 0 saturated heterocycles. The maximum atomic E-state index is 13.7. The fourth-order valence-electron chi connectivity index (χ4n) is 4.12. The monoisotopic (exact) mass is 559 g/mol. The van der Waals surface area contributed by atoms with E-state index in [-0.39, 0.29) is 43.0 Å². The molecular formula is C30H37N7O4. The maximum absolute atomic E-state index is 13.7. The van der Waals surface area contributed by atoms with E-state index in [0.29, 0.717) is 19.5 Å². The summed E-state index contributed by atoms with van der Waals surface area (Å²) >= 11 is 0. The summed E-state index contributed by atoms with van der Waals surface area (Å²) in [6.45, 7) is 1.04. The molecule has 41 heavy (non-hydrogen) atoms. The molecule has 11 heteroatoms. The molecule has 11 nitrogen and oxygen atoms in total. The number of nitrogens with two attached hydrogens (primary N) is 2. The van der Waals surface area contributed by atoms with E-state index in [1.165, 1.54) is 12.1 Å². The average molecular weight is 560 g/mol. The van der Waals surface area contributed by atoms with Gasteiger partial charge in [-0.05, 0) is 41.7 Å². The first-order valence-corrected chi connectivity index (χ1v) is 13.4. The highest BCUT2D eigenvalue weighted by molar-refractivity contribution is 5.95. The Morgan fingerprint density at radius 3 is 2.02 bits per heavy atom. The van der Waals surface area contributed by atoms with Gasteiger partial charge in [0.1, 0.15) is 11.8 Å². The van der Waals surface area contributed by atoms with E-state index in [2.05, 4.69) is 26.3 Å². The Morgan fingerprint density at radius 2 is 1.44 bits per heavy atom. The van der Waals surface area contributed by atoms with E-state index in [4.69, 9.17) is 11.5 Å². The Balaban J connectivity index is 1.71. The summed E-state index contributed by atoms with van der Waals surface area (Å²) in [6, 6.07) is 23.9. The van der Waals surface area contributed by atoms with Gasteiger partial charge in [0.2, 0.25) is 11.8 Å². The van der Waals surface area contributed by atoms with Gasteiger partial charge in [-0.3, -0.25) is 19.9 Å². The van der Waals surface area contributed by atoms with Crippen LogP contribution in [0.15, 0.2) is 89.9 Å². The lowest BCUT2D eigenvalue weighted by Crippen LogP contribution is -2.48. The molecular weight excluding hydrogens is 522 g/mol. The molecule has 0 aliphatic heterocycles. The van der Waals surface area contributed by atoms with Crippen molar-refractivity contribution in [3.05, 3.63) is 102 Å². The summed E-state index contributed by atoms with van der Waals surface area (Å²) in [6.07, 6.45) is 0.686. The van der Waals surface area contributed by atoms with Crippen LogP contribution in [0.2, 0.25) is 0 Å². The number of aliphatic imine (C=N–C) groups is 1. The maximum Gasteiger partial charge on any atom is 0.321 e. The van der Waals surface area contributed by atoms with Crippen LogP contribution in [0.25, 0.3) is 0 Å². The topological polar surface area (TPSA) is 184 Å². The Bertz CT molecular complexity index is 1250. The fraction of sp³-hybridized carbons (Fsp3) is 0.267. The summed E-state index contributed by atoms with van der Waals surface area (Å²) in [4.78, 5) is 42.8. The molecule has 0 unspecified atom stereocenters. The molecule has 1 atom stereocenters. The van der Waals surface area contributed by atoms with Gasteiger partial charge in [0.05, 0.1) is 5.92 Å². The minimum atomic E-state index is -0.855. The Kier molecular flexibility index (Phi) is 12.2. The zero-order valence-corrected chi connectivity index (χ0v) is 22.8. The van der Waals surface area contributed by atoms with Crippen LogP contribution in [-0.4, -0.2) is 54.6 Å². The van der Waals surface area contributed by atoms with Gasteiger partial charge in [-0.25, -0.2) is 4.79 Å². The zero-order valence-electron chi connectivity index (χ0n) is 22.8. The van der Waals surface area contributed by atoms with Gasteiger partial charge >= 0.3 is 6.03 Å².